The third-order valence-electron chi connectivity index (χ3n) is 7.07. The molecule has 26 heavy (non-hydrogen) atoms. The van der Waals surface area contributed by atoms with E-state index in [4.69, 9.17) is 9.47 Å². The quantitative estimate of drug-likeness (QED) is 0.676. The second-order valence-corrected chi connectivity index (χ2v) is 8.99. The lowest BCUT2D eigenvalue weighted by atomic mass is 9.55. The summed E-state index contributed by atoms with van der Waals surface area (Å²) in [5.74, 6) is 3.68. The van der Waals surface area contributed by atoms with Crippen LogP contribution in [0.1, 0.15) is 44.6 Å². The van der Waals surface area contributed by atoms with Gasteiger partial charge in [-0.15, -0.1) is 0 Å². The van der Waals surface area contributed by atoms with Crippen molar-refractivity contribution in [2.45, 2.75) is 57.8 Å². The van der Waals surface area contributed by atoms with Crippen LogP contribution in [0.2, 0.25) is 0 Å². The largest absolute Gasteiger partial charge is 0.375 e. The molecule has 0 aromatic heterocycles. The summed E-state index contributed by atoms with van der Waals surface area (Å²) in [5.41, 5.74) is 1.27. The lowest BCUT2D eigenvalue weighted by Crippen LogP contribution is -2.49. The van der Waals surface area contributed by atoms with Crippen LogP contribution >= 0.6 is 0 Å². The minimum atomic E-state index is 0.145. The first-order valence-electron chi connectivity index (χ1n) is 10.5. The second kappa shape index (κ2) is 6.98. The molecule has 4 aliphatic rings. The summed E-state index contributed by atoms with van der Waals surface area (Å²) in [6.07, 6.45) is 7.83. The molecule has 0 amide bonds. The predicted molar refractivity (Wildman–Crippen MR) is 105 cm³/mol. The molecule has 6 rings (SSSR count). The number of hydrogen-bond donors (Lipinski definition) is 0. The summed E-state index contributed by atoms with van der Waals surface area (Å²) in [5, 5.41) is 2.58. The van der Waals surface area contributed by atoms with Gasteiger partial charge in [-0.05, 0) is 79.0 Å². The Bertz CT molecular complexity index is 734. The molecular formula is C24H30O2. The van der Waals surface area contributed by atoms with E-state index in [1.807, 2.05) is 0 Å². The number of hydrogen-bond acceptors (Lipinski definition) is 2. The van der Waals surface area contributed by atoms with Gasteiger partial charge in [-0.3, -0.25) is 0 Å². The van der Waals surface area contributed by atoms with Crippen LogP contribution < -0.4 is 0 Å². The lowest BCUT2D eigenvalue weighted by molar-refractivity contribution is -0.144. The van der Waals surface area contributed by atoms with Crippen LogP contribution in [-0.2, 0) is 16.1 Å². The normalized spacial score (nSPS) is 33.7. The first-order chi connectivity index (χ1) is 12.8. The van der Waals surface area contributed by atoms with E-state index in [2.05, 4.69) is 49.4 Å². The molecule has 2 heteroatoms. The fourth-order valence-electron chi connectivity index (χ4n) is 6.09. The second-order valence-electron chi connectivity index (χ2n) is 8.99. The van der Waals surface area contributed by atoms with E-state index in [9.17, 15) is 0 Å². The Morgan fingerprint density at radius 2 is 1.58 bits per heavy atom. The molecule has 0 heterocycles. The van der Waals surface area contributed by atoms with Gasteiger partial charge in [0.05, 0.1) is 25.4 Å². The fraction of sp³-hybridized carbons (Fsp3) is 0.583. The molecule has 4 fully saturated rings. The maximum Gasteiger partial charge on any atom is 0.0785 e. The third kappa shape index (κ3) is 3.18. The first-order valence-corrected chi connectivity index (χ1v) is 10.5. The van der Waals surface area contributed by atoms with Crippen molar-refractivity contribution < 1.29 is 9.47 Å². The van der Waals surface area contributed by atoms with Crippen molar-refractivity contribution in [2.24, 2.45) is 23.7 Å². The molecular weight excluding hydrogens is 320 g/mol. The number of ether oxygens (including phenoxy) is 2. The van der Waals surface area contributed by atoms with Gasteiger partial charge in [-0.25, -0.2) is 0 Å². The van der Waals surface area contributed by atoms with E-state index in [1.54, 1.807) is 0 Å². The van der Waals surface area contributed by atoms with Gasteiger partial charge >= 0.3 is 0 Å². The standard InChI is InChI=1S/C24H30O2/c1-16(25-15-20-7-4-6-19-5-2-3-8-23(19)20)14-26-24-21-10-17-9-18(12-21)13-22(24)11-17/h2-8,16-18,21-22,24H,9-15H2,1H3. The molecule has 0 saturated heterocycles. The molecule has 138 valence electrons. The van der Waals surface area contributed by atoms with Crippen molar-refractivity contribution in [3.8, 4) is 0 Å². The highest BCUT2D eigenvalue weighted by atomic mass is 16.5. The average Bonchev–Trinajstić information content (AvgIpc) is 2.65. The van der Waals surface area contributed by atoms with Crippen LogP contribution in [0.3, 0.4) is 0 Å². The van der Waals surface area contributed by atoms with E-state index in [0.29, 0.717) is 12.7 Å². The van der Waals surface area contributed by atoms with Gasteiger partial charge in [-0.2, -0.15) is 0 Å². The van der Waals surface area contributed by atoms with Crippen LogP contribution in [-0.4, -0.2) is 18.8 Å². The number of fused-ring (bicyclic) bond motifs is 1. The molecule has 1 unspecified atom stereocenters. The van der Waals surface area contributed by atoms with Crippen molar-refractivity contribution in [1.29, 1.82) is 0 Å². The minimum absolute atomic E-state index is 0.145. The SMILES string of the molecule is CC(COC1C2CC3CC(C2)CC1C3)OCc1cccc2ccccc12. The van der Waals surface area contributed by atoms with Gasteiger partial charge in [-0.1, -0.05) is 42.5 Å². The Kier molecular flexibility index (Phi) is 4.50. The van der Waals surface area contributed by atoms with Gasteiger partial charge in [0, 0.05) is 0 Å². The molecule has 0 spiro atoms. The minimum Gasteiger partial charge on any atom is -0.375 e. The molecule has 0 N–H and O–H groups in total. The third-order valence-corrected chi connectivity index (χ3v) is 7.07. The van der Waals surface area contributed by atoms with E-state index >= 15 is 0 Å². The summed E-state index contributed by atoms with van der Waals surface area (Å²) in [7, 11) is 0. The molecule has 0 radical (unpaired) electrons. The van der Waals surface area contributed by atoms with Crippen LogP contribution in [0.25, 0.3) is 10.8 Å². The van der Waals surface area contributed by atoms with Gasteiger partial charge < -0.3 is 9.47 Å². The van der Waals surface area contributed by atoms with Crippen molar-refractivity contribution in [3.63, 3.8) is 0 Å². The van der Waals surface area contributed by atoms with Crippen LogP contribution in [0, 0.1) is 23.7 Å². The van der Waals surface area contributed by atoms with E-state index in [0.717, 1.165) is 30.3 Å². The summed E-state index contributed by atoms with van der Waals surface area (Å²) in [6, 6.07) is 15.0. The van der Waals surface area contributed by atoms with Crippen LogP contribution in [0.4, 0.5) is 0 Å². The first kappa shape index (κ1) is 16.8. The van der Waals surface area contributed by atoms with Crippen molar-refractivity contribution in [3.05, 3.63) is 48.0 Å². The van der Waals surface area contributed by atoms with Crippen LogP contribution in [0.15, 0.2) is 42.5 Å². The Hall–Kier alpha value is -1.38. The predicted octanol–water partition coefficient (Wildman–Crippen LogP) is 5.59. The summed E-state index contributed by atoms with van der Waals surface area (Å²) < 4.78 is 12.6. The highest BCUT2D eigenvalue weighted by Crippen LogP contribution is 2.54. The molecule has 2 nitrogen and oxygen atoms in total. The van der Waals surface area contributed by atoms with Crippen LogP contribution in [0.5, 0.6) is 0 Å². The maximum absolute atomic E-state index is 6.43. The molecule has 4 aliphatic carbocycles. The zero-order valence-corrected chi connectivity index (χ0v) is 15.8. The zero-order valence-electron chi connectivity index (χ0n) is 15.8. The summed E-state index contributed by atoms with van der Waals surface area (Å²) in [4.78, 5) is 0. The monoisotopic (exact) mass is 350 g/mol. The van der Waals surface area contributed by atoms with Gasteiger partial charge in [0.1, 0.15) is 0 Å². The average molecular weight is 351 g/mol. The highest BCUT2D eigenvalue weighted by molar-refractivity contribution is 5.85. The Morgan fingerprint density at radius 3 is 2.35 bits per heavy atom. The number of rotatable bonds is 6. The molecule has 0 aliphatic heterocycles. The molecule has 4 bridgehead atoms. The van der Waals surface area contributed by atoms with E-state index in [-0.39, 0.29) is 6.10 Å². The Balaban J connectivity index is 1.16. The van der Waals surface area contributed by atoms with E-state index < -0.39 is 0 Å². The molecule has 2 aromatic rings. The molecule has 4 saturated carbocycles. The highest BCUT2D eigenvalue weighted by Gasteiger charge is 2.48. The summed E-state index contributed by atoms with van der Waals surface area (Å²) in [6.45, 7) is 3.55. The Labute approximate surface area is 156 Å². The van der Waals surface area contributed by atoms with Crippen molar-refractivity contribution in [2.75, 3.05) is 6.61 Å². The fourth-order valence-corrected chi connectivity index (χ4v) is 6.09. The van der Waals surface area contributed by atoms with E-state index in [1.165, 1.54) is 48.4 Å². The smallest absolute Gasteiger partial charge is 0.0785 e. The van der Waals surface area contributed by atoms with Crippen molar-refractivity contribution in [1.82, 2.24) is 0 Å². The molecule has 1 atom stereocenters. The molecule has 2 aromatic carbocycles. The zero-order chi connectivity index (χ0) is 17.5. The van der Waals surface area contributed by atoms with Gasteiger partial charge in [0.15, 0.2) is 0 Å². The van der Waals surface area contributed by atoms with Gasteiger partial charge in [0.2, 0.25) is 0 Å². The topological polar surface area (TPSA) is 18.5 Å². The number of benzene rings is 2. The lowest BCUT2D eigenvalue weighted by Gasteiger charge is -2.54. The van der Waals surface area contributed by atoms with Gasteiger partial charge in [0.25, 0.3) is 0 Å². The summed E-state index contributed by atoms with van der Waals surface area (Å²) >= 11 is 0. The maximum atomic E-state index is 6.43. The Morgan fingerprint density at radius 1 is 0.885 bits per heavy atom. The van der Waals surface area contributed by atoms with Crippen molar-refractivity contribution >= 4 is 10.8 Å².